The van der Waals surface area contributed by atoms with Gasteiger partial charge in [-0.25, -0.2) is 4.98 Å². The summed E-state index contributed by atoms with van der Waals surface area (Å²) in [4.78, 5) is 31.8. The summed E-state index contributed by atoms with van der Waals surface area (Å²) < 4.78 is 5.80. The lowest BCUT2D eigenvalue weighted by atomic mass is 9.92. The molecule has 1 aliphatic heterocycles. The third-order valence-corrected chi connectivity index (χ3v) is 6.53. The molecule has 5 rings (SSSR count). The van der Waals surface area contributed by atoms with Gasteiger partial charge in [0.2, 0.25) is 5.91 Å². The average molecular weight is 432 g/mol. The molecule has 1 aliphatic carbocycles. The number of piperidine rings is 1. The van der Waals surface area contributed by atoms with Crippen molar-refractivity contribution in [2.75, 3.05) is 13.1 Å². The van der Waals surface area contributed by atoms with E-state index in [-0.39, 0.29) is 11.8 Å². The van der Waals surface area contributed by atoms with E-state index in [2.05, 4.69) is 29.4 Å². The van der Waals surface area contributed by atoms with Crippen molar-refractivity contribution >= 4 is 22.9 Å². The molecule has 1 N–H and O–H groups in total. The van der Waals surface area contributed by atoms with Gasteiger partial charge in [-0.1, -0.05) is 29.8 Å². The summed E-state index contributed by atoms with van der Waals surface area (Å²) in [5, 5.41) is 3.03. The zero-order valence-corrected chi connectivity index (χ0v) is 18.5. The first-order chi connectivity index (χ1) is 15.5. The summed E-state index contributed by atoms with van der Waals surface area (Å²) >= 11 is 0. The third-order valence-electron chi connectivity index (χ3n) is 6.53. The van der Waals surface area contributed by atoms with Gasteiger partial charge in [-0.05, 0) is 62.3 Å². The van der Waals surface area contributed by atoms with Crippen molar-refractivity contribution in [3.05, 3.63) is 65.0 Å². The number of benzene rings is 2. The zero-order chi connectivity index (χ0) is 22.1. The Bertz CT molecular complexity index is 1140. The Morgan fingerprint density at radius 1 is 1.09 bits per heavy atom. The minimum Gasteiger partial charge on any atom is -0.440 e. The van der Waals surface area contributed by atoms with Crippen molar-refractivity contribution in [1.82, 2.24) is 15.2 Å². The van der Waals surface area contributed by atoms with E-state index in [0.29, 0.717) is 43.5 Å². The van der Waals surface area contributed by atoms with E-state index in [1.54, 1.807) is 0 Å². The number of nitrogens with one attached hydrogen (secondary N) is 1. The molecule has 0 radical (unpaired) electrons. The number of nitrogens with zero attached hydrogens (tertiary/aromatic N) is 2. The molecule has 0 unspecified atom stereocenters. The fraction of sp³-hybridized carbons (Fsp3) is 0.423. The summed E-state index contributed by atoms with van der Waals surface area (Å²) in [7, 11) is 0. The standard InChI is InChI=1S/C26H29N3O3/c1-17-3-2-4-19(13-17)16-27-24(30)14-18-9-11-29(12-10-18)26(31)21-7-8-23-22(15-21)28-25(32-23)20-5-6-20/h2-4,7-8,13,15,18,20H,5-6,9-12,14,16H2,1H3,(H,27,30). The Kier molecular flexibility index (Phi) is 5.68. The number of hydrogen-bond acceptors (Lipinski definition) is 4. The van der Waals surface area contributed by atoms with Crippen molar-refractivity contribution in [3.63, 3.8) is 0 Å². The molecular weight excluding hydrogens is 402 g/mol. The van der Waals surface area contributed by atoms with Crippen molar-refractivity contribution in [2.45, 2.75) is 51.5 Å². The van der Waals surface area contributed by atoms with E-state index in [4.69, 9.17) is 4.42 Å². The maximum atomic E-state index is 13.0. The smallest absolute Gasteiger partial charge is 0.253 e. The largest absolute Gasteiger partial charge is 0.440 e. The molecule has 2 aromatic carbocycles. The SMILES string of the molecule is Cc1cccc(CNC(=O)CC2CCN(C(=O)c3ccc4oc(C5CC5)nc4c3)CC2)c1. The van der Waals surface area contributed by atoms with Gasteiger partial charge >= 0.3 is 0 Å². The fourth-order valence-corrected chi connectivity index (χ4v) is 4.46. The number of carbonyl (C=O) groups is 2. The summed E-state index contributed by atoms with van der Waals surface area (Å²) in [5.74, 6) is 1.68. The molecule has 0 atom stereocenters. The molecule has 2 amide bonds. The second-order valence-electron chi connectivity index (χ2n) is 9.21. The molecule has 1 saturated carbocycles. The van der Waals surface area contributed by atoms with Crippen molar-refractivity contribution in [1.29, 1.82) is 0 Å². The molecule has 1 saturated heterocycles. The predicted octanol–water partition coefficient (Wildman–Crippen LogP) is 4.57. The van der Waals surface area contributed by atoms with E-state index >= 15 is 0 Å². The highest BCUT2D eigenvalue weighted by Crippen LogP contribution is 2.40. The number of carbonyl (C=O) groups excluding carboxylic acids is 2. The fourth-order valence-electron chi connectivity index (χ4n) is 4.46. The highest BCUT2D eigenvalue weighted by Gasteiger charge is 2.29. The van der Waals surface area contributed by atoms with Gasteiger partial charge in [0, 0.05) is 37.5 Å². The first-order valence-corrected chi connectivity index (χ1v) is 11.6. The molecule has 166 valence electrons. The van der Waals surface area contributed by atoms with Gasteiger partial charge in [0.15, 0.2) is 11.5 Å². The number of likely N-dealkylation sites (tertiary alicyclic amines) is 1. The van der Waals surface area contributed by atoms with Gasteiger partial charge in [-0.15, -0.1) is 0 Å². The van der Waals surface area contributed by atoms with Crippen LogP contribution in [0.3, 0.4) is 0 Å². The number of aryl methyl sites for hydroxylation is 1. The number of fused-ring (bicyclic) bond motifs is 1. The second kappa shape index (κ2) is 8.77. The lowest BCUT2D eigenvalue weighted by Gasteiger charge is -2.31. The summed E-state index contributed by atoms with van der Waals surface area (Å²) in [6.07, 6.45) is 4.49. The molecule has 2 aliphatic rings. The molecule has 0 spiro atoms. The van der Waals surface area contributed by atoms with Crippen LogP contribution in [0.15, 0.2) is 46.9 Å². The van der Waals surface area contributed by atoms with Crippen molar-refractivity contribution in [3.8, 4) is 0 Å². The number of aromatic nitrogens is 1. The number of hydrogen-bond donors (Lipinski definition) is 1. The van der Waals surface area contributed by atoms with Crippen LogP contribution in [0.5, 0.6) is 0 Å². The van der Waals surface area contributed by atoms with Crippen LogP contribution in [-0.4, -0.2) is 34.8 Å². The molecule has 6 nitrogen and oxygen atoms in total. The van der Waals surface area contributed by atoms with Gasteiger partial charge in [-0.2, -0.15) is 0 Å². The van der Waals surface area contributed by atoms with Gasteiger partial charge < -0.3 is 14.6 Å². The summed E-state index contributed by atoms with van der Waals surface area (Å²) in [6, 6.07) is 13.7. The minimum absolute atomic E-state index is 0.0326. The lowest BCUT2D eigenvalue weighted by molar-refractivity contribution is -0.122. The second-order valence-corrected chi connectivity index (χ2v) is 9.21. The third kappa shape index (κ3) is 4.69. The van der Waals surface area contributed by atoms with Gasteiger partial charge in [-0.3, -0.25) is 9.59 Å². The molecular formula is C26H29N3O3. The summed E-state index contributed by atoms with van der Waals surface area (Å²) in [6.45, 7) is 3.97. The van der Waals surface area contributed by atoms with Crippen LogP contribution in [0.25, 0.3) is 11.1 Å². The Morgan fingerprint density at radius 2 is 1.91 bits per heavy atom. The van der Waals surface area contributed by atoms with Crippen LogP contribution in [0.1, 0.15) is 65.4 Å². The van der Waals surface area contributed by atoms with E-state index < -0.39 is 0 Å². The topological polar surface area (TPSA) is 75.4 Å². The van der Waals surface area contributed by atoms with Gasteiger partial charge in [0.05, 0.1) is 0 Å². The van der Waals surface area contributed by atoms with E-state index in [9.17, 15) is 9.59 Å². The Labute approximate surface area is 188 Å². The Morgan fingerprint density at radius 3 is 2.66 bits per heavy atom. The first-order valence-electron chi connectivity index (χ1n) is 11.6. The van der Waals surface area contributed by atoms with Gasteiger partial charge in [0.1, 0.15) is 5.52 Å². The lowest BCUT2D eigenvalue weighted by Crippen LogP contribution is -2.39. The van der Waals surface area contributed by atoms with Crippen LogP contribution in [0, 0.1) is 12.8 Å². The highest BCUT2D eigenvalue weighted by molar-refractivity contribution is 5.97. The van der Waals surface area contributed by atoms with Crippen LogP contribution >= 0.6 is 0 Å². The van der Waals surface area contributed by atoms with Crippen LogP contribution in [-0.2, 0) is 11.3 Å². The summed E-state index contributed by atoms with van der Waals surface area (Å²) in [5.41, 5.74) is 4.48. The molecule has 0 bridgehead atoms. The molecule has 2 heterocycles. The zero-order valence-electron chi connectivity index (χ0n) is 18.5. The first kappa shape index (κ1) is 20.7. The number of amides is 2. The van der Waals surface area contributed by atoms with E-state index in [1.165, 1.54) is 5.56 Å². The normalized spacial score (nSPS) is 17.0. The van der Waals surface area contributed by atoms with Crippen LogP contribution < -0.4 is 5.32 Å². The van der Waals surface area contributed by atoms with E-state index in [0.717, 1.165) is 48.2 Å². The van der Waals surface area contributed by atoms with Crippen LogP contribution in [0.4, 0.5) is 0 Å². The monoisotopic (exact) mass is 431 g/mol. The highest BCUT2D eigenvalue weighted by atomic mass is 16.3. The maximum absolute atomic E-state index is 13.0. The number of oxazole rings is 1. The van der Waals surface area contributed by atoms with Crippen molar-refractivity contribution in [2.24, 2.45) is 5.92 Å². The van der Waals surface area contributed by atoms with Crippen molar-refractivity contribution < 1.29 is 14.0 Å². The average Bonchev–Trinajstić information content (AvgIpc) is 3.56. The Hall–Kier alpha value is -3.15. The predicted molar refractivity (Wildman–Crippen MR) is 122 cm³/mol. The Balaban J connectivity index is 1.12. The minimum atomic E-state index is 0.0326. The molecule has 3 aromatic rings. The molecule has 6 heteroatoms. The quantitative estimate of drug-likeness (QED) is 0.620. The maximum Gasteiger partial charge on any atom is 0.253 e. The molecule has 1 aromatic heterocycles. The van der Waals surface area contributed by atoms with Crippen LogP contribution in [0.2, 0.25) is 0 Å². The molecule has 32 heavy (non-hydrogen) atoms. The van der Waals surface area contributed by atoms with E-state index in [1.807, 2.05) is 35.2 Å². The van der Waals surface area contributed by atoms with Gasteiger partial charge in [0.25, 0.3) is 5.91 Å². The molecule has 2 fully saturated rings. The number of rotatable bonds is 6.